The summed E-state index contributed by atoms with van der Waals surface area (Å²) < 4.78 is 0. The van der Waals surface area contributed by atoms with Crippen molar-refractivity contribution < 1.29 is 14.7 Å². The summed E-state index contributed by atoms with van der Waals surface area (Å²) in [5, 5.41) is 11.7. The van der Waals surface area contributed by atoms with Crippen LogP contribution in [0.25, 0.3) is 0 Å². The van der Waals surface area contributed by atoms with Crippen LogP contribution >= 0.6 is 0 Å². The Morgan fingerprint density at radius 3 is 2.33 bits per heavy atom. The zero-order valence-corrected chi connectivity index (χ0v) is 9.12. The molecule has 0 radical (unpaired) electrons. The predicted molar refractivity (Wildman–Crippen MR) is 54.2 cm³/mol. The fourth-order valence-corrected chi connectivity index (χ4v) is 2.17. The number of carbonyl (C=O) groups is 2. The lowest BCUT2D eigenvalue weighted by Crippen LogP contribution is -2.52. The van der Waals surface area contributed by atoms with Gasteiger partial charge in [-0.15, -0.1) is 0 Å². The van der Waals surface area contributed by atoms with E-state index in [0.29, 0.717) is 6.42 Å². The van der Waals surface area contributed by atoms with Crippen LogP contribution in [0.4, 0.5) is 0 Å². The van der Waals surface area contributed by atoms with Gasteiger partial charge < -0.3 is 10.4 Å². The Morgan fingerprint density at radius 1 is 1.33 bits per heavy atom. The van der Waals surface area contributed by atoms with Gasteiger partial charge in [0.1, 0.15) is 0 Å². The molecule has 0 saturated heterocycles. The maximum Gasteiger partial charge on any atom is 0.307 e. The number of carbonyl (C=O) groups excluding carboxylic acids is 1. The molecule has 3 unspecified atom stereocenters. The third-order valence-electron chi connectivity index (χ3n) is 3.78. The van der Waals surface area contributed by atoms with Crippen LogP contribution < -0.4 is 5.32 Å². The van der Waals surface area contributed by atoms with Crippen molar-refractivity contribution in [2.45, 2.75) is 39.2 Å². The average molecular weight is 211 g/mol. The molecule has 84 valence electrons. The minimum atomic E-state index is -0.844. The quantitative estimate of drug-likeness (QED) is 0.732. The molecule has 0 aliphatic heterocycles. The molecule has 2 rings (SSSR count). The van der Waals surface area contributed by atoms with E-state index in [4.69, 9.17) is 5.11 Å². The molecule has 15 heavy (non-hydrogen) atoms. The van der Waals surface area contributed by atoms with E-state index >= 15 is 0 Å². The third-order valence-corrected chi connectivity index (χ3v) is 3.78. The van der Waals surface area contributed by atoms with Crippen molar-refractivity contribution in [3.8, 4) is 0 Å². The summed E-state index contributed by atoms with van der Waals surface area (Å²) in [6, 6.07) is 0.236. The average Bonchev–Trinajstić information content (AvgIpc) is 2.91. The minimum absolute atomic E-state index is 0.0693. The molecule has 0 aromatic rings. The third kappa shape index (κ3) is 1.85. The molecule has 2 aliphatic carbocycles. The highest BCUT2D eigenvalue weighted by Crippen LogP contribution is 2.42. The Balaban J connectivity index is 1.82. The van der Waals surface area contributed by atoms with E-state index < -0.39 is 11.9 Å². The van der Waals surface area contributed by atoms with Crippen LogP contribution in [-0.4, -0.2) is 23.0 Å². The van der Waals surface area contributed by atoms with Crippen LogP contribution in [-0.2, 0) is 9.59 Å². The first-order valence-electron chi connectivity index (χ1n) is 5.45. The van der Waals surface area contributed by atoms with E-state index in [1.807, 2.05) is 0 Å². The first-order valence-corrected chi connectivity index (χ1v) is 5.45. The fourth-order valence-electron chi connectivity index (χ4n) is 2.17. The molecule has 2 aliphatic rings. The molecule has 0 aromatic heterocycles. The SMILES string of the molecule is CC1(C)CCC1NC(=O)C1CC1C(=O)O. The van der Waals surface area contributed by atoms with Crippen molar-refractivity contribution in [3.05, 3.63) is 0 Å². The monoisotopic (exact) mass is 211 g/mol. The van der Waals surface area contributed by atoms with Crippen LogP contribution in [0.3, 0.4) is 0 Å². The number of carboxylic acid groups (broad SMARTS) is 1. The van der Waals surface area contributed by atoms with E-state index in [2.05, 4.69) is 19.2 Å². The van der Waals surface area contributed by atoms with Gasteiger partial charge >= 0.3 is 5.97 Å². The highest BCUT2D eigenvalue weighted by Gasteiger charge is 2.50. The van der Waals surface area contributed by atoms with Crippen molar-refractivity contribution >= 4 is 11.9 Å². The molecule has 2 N–H and O–H groups in total. The van der Waals surface area contributed by atoms with Gasteiger partial charge in [0.15, 0.2) is 0 Å². The highest BCUT2D eigenvalue weighted by atomic mass is 16.4. The van der Waals surface area contributed by atoms with Crippen molar-refractivity contribution in [3.63, 3.8) is 0 Å². The lowest BCUT2D eigenvalue weighted by atomic mass is 9.67. The summed E-state index contributed by atoms with van der Waals surface area (Å²) in [6.07, 6.45) is 2.66. The highest BCUT2D eigenvalue weighted by molar-refractivity contribution is 5.89. The first-order chi connectivity index (χ1) is 6.92. The summed E-state index contributed by atoms with van der Waals surface area (Å²) in [4.78, 5) is 22.2. The van der Waals surface area contributed by atoms with E-state index in [0.717, 1.165) is 12.8 Å². The molecule has 4 heteroatoms. The van der Waals surface area contributed by atoms with Crippen LogP contribution in [0.2, 0.25) is 0 Å². The number of rotatable bonds is 3. The maximum absolute atomic E-state index is 11.6. The van der Waals surface area contributed by atoms with Crippen molar-refractivity contribution in [1.29, 1.82) is 0 Å². The Labute approximate surface area is 89.0 Å². The van der Waals surface area contributed by atoms with Crippen LogP contribution in [0, 0.1) is 17.3 Å². The van der Waals surface area contributed by atoms with Crippen LogP contribution in [0.1, 0.15) is 33.1 Å². The molecule has 0 aromatic carbocycles. The molecule has 0 spiro atoms. The number of hydrogen-bond donors (Lipinski definition) is 2. The number of aliphatic carboxylic acids is 1. The molecule has 0 heterocycles. The smallest absolute Gasteiger partial charge is 0.307 e. The summed E-state index contributed by atoms with van der Waals surface area (Å²) in [5.41, 5.74) is 0.184. The number of amides is 1. The standard InChI is InChI=1S/C11H17NO3/c1-11(2)4-3-8(11)12-9(13)6-5-7(6)10(14)15/h6-8H,3-5H2,1-2H3,(H,12,13)(H,14,15). The van der Waals surface area contributed by atoms with Crippen molar-refractivity contribution in [1.82, 2.24) is 5.32 Å². The zero-order chi connectivity index (χ0) is 11.2. The van der Waals surface area contributed by atoms with Gasteiger partial charge in [-0.05, 0) is 24.7 Å². The van der Waals surface area contributed by atoms with Gasteiger partial charge in [0.05, 0.1) is 11.8 Å². The Morgan fingerprint density at radius 2 is 2.00 bits per heavy atom. The Hall–Kier alpha value is -1.06. The normalized spacial score (nSPS) is 36.5. The van der Waals surface area contributed by atoms with Gasteiger partial charge in [-0.1, -0.05) is 13.8 Å². The summed E-state index contributed by atoms with van der Waals surface area (Å²) in [5.74, 6) is -1.63. The van der Waals surface area contributed by atoms with E-state index in [9.17, 15) is 9.59 Å². The predicted octanol–water partition coefficient (Wildman–Crippen LogP) is 1.01. The van der Waals surface area contributed by atoms with Crippen molar-refractivity contribution in [2.24, 2.45) is 17.3 Å². The van der Waals surface area contributed by atoms with Crippen molar-refractivity contribution in [2.75, 3.05) is 0 Å². The fraction of sp³-hybridized carbons (Fsp3) is 0.818. The molecule has 2 fully saturated rings. The van der Waals surface area contributed by atoms with E-state index in [1.54, 1.807) is 0 Å². The second-order valence-corrected chi connectivity index (χ2v) is 5.38. The van der Waals surface area contributed by atoms with Crippen LogP contribution in [0.5, 0.6) is 0 Å². The van der Waals surface area contributed by atoms with E-state index in [-0.39, 0.29) is 23.3 Å². The van der Waals surface area contributed by atoms with Gasteiger partial charge in [-0.25, -0.2) is 0 Å². The minimum Gasteiger partial charge on any atom is -0.481 e. The first kappa shape index (κ1) is 10.5. The number of carboxylic acids is 1. The van der Waals surface area contributed by atoms with Gasteiger partial charge in [0.2, 0.25) is 5.91 Å². The van der Waals surface area contributed by atoms with Gasteiger partial charge in [0.25, 0.3) is 0 Å². The second kappa shape index (κ2) is 3.22. The summed E-state index contributed by atoms with van der Waals surface area (Å²) in [7, 11) is 0. The summed E-state index contributed by atoms with van der Waals surface area (Å²) in [6.45, 7) is 4.26. The second-order valence-electron chi connectivity index (χ2n) is 5.38. The molecule has 3 atom stereocenters. The zero-order valence-electron chi connectivity index (χ0n) is 9.12. The maximum atomic E-state index is 11.6. The summed E-state index contributed by atoms with van der Waals surface area (Å²) >= 11 is 0. The molecule has 0 bridgehead atoms. The molecule has 4 nitrogen and oxygen atoms in total. The number of nitrogens with one attached hydrogen (secondary N) is 1. The largest absolute Gasteiger partial charge is 0.481 e. The molecule has 2 saturated carbocycles. The Bertz CT molecular complexity index is 311. The van der Waals surface area contributed by atoms with Gasteiger partial charge in [-0.2, -0.15) is 0 Å². The van der Waals surface area contributed by atoms with Gasteiger partial charge in [0, 0.05) is 6.04 Å². The van der Waals surface area contributed by atoms with E-state index in [1.165, 1.54) is 0 Å². The lowest BCUT2D eigenvalue weighted by molar-refractivity contribution is -0.140. The Kier molecular flexibility index (Phi) is 2.24. The molecular formula is C11H17NO3. The van der Waals surface area contributed by atoms with Crippen LogP contribution in [0.15, 0.2) is 0 Å². The number of hydrogen-bond acceptors (Lipinski definition) is 2. The molecule has 1 amide bonds. The topological polar surface area (TPSA) is 66.4 Å². The lowest BCUT2D eigenvalue weighted by Gasteiger charge is -2.44. The molecular weight excluding hydrogens is 194 g/mol. The van der Waals surface area contributed by atoms with Gasteiger partial charge in [-0.3, -0.25) is 9.59 Å².